The summed E-state index contributed by atoms with van der Waals surface area (Å²) in [5.41, 5.74) is 1.07. The summed E-state index contributed by atoms with van der Waals surface area (Å²) in [7, 11) is 0. The molecule has 0 saturated carbocycles. The topological polar surface area (TPSA) is 93.1 Å². The molecule has 0 fully saturated rings. The zero-order chi connectivity index (χ0) is 39.4. The van der Waals surface area contributed by atoms with Gasteiger partial charge in [0, 0.05) is 45.7 Å². The van der Waals surface area contributed by atoms with Crippen molar-refractivity contribution in [3.63, 3.8) is 0 Å². The lowest BCUT2D eigenvalue weighted by Gasteiger charge is -2.27. The molecule has 1 aliphatic heterocycles. The minimum Gasteiger partial charge on any atom is -0.488 e. The summed E-state index contributed by atoms with van der Waals surface area (Å²) in [6.45, 7) is 8.39. The Hall–Kier alpha value is -6.02. The van der Waals surface area contributed by atoms with E-state index in [0.717, 1.165) is 83.2 Å². The number of rotatable bonds is 15. The van der Waals surface area contributed by atoms with Crippen LogP contribution in [-0.2, 0) is 23.1 Å². The number of hydrogen-bond donors (Lipinski definition) is 0. The Labute approximate surface area is 325 Å². The van der Waals surface area contributed by atoms with Gasteiger partial charge in [0.15, 0.2) is 16.9 Å². The molecule has 0 N–H and O–H groups in total. The first-order valence-corrected chi connectivity index (χ1v) is 18.9. The second-order valence-corrected chi connectivity index (χ2v) is 14.2. The van der Waals surface area contributed by atoms with Crippen LogP contribution in [0.2, 0.25) is 0 Å². The summed E-state index contributed by atoms with van der Waals surface area (Å²) in [5, 5.41) is 29.3. The summed E-state index contributed by atoms with van der Waals surface area (Å²) in [4.78, 5) is 4.41. The molecular weight excluding hydrogens is 718 g/mol. The van der Waals surface area contributed by atoms with Crippen LogP contribution in [0.25, 0.3) is 16.5 Å². The van der Waals surface area contributed by atoms with Crippen molar-refractivity contribution >= 4 is 23.1 Å². The number of anilines is 1. The van der Waals surface area contributed by atoms with Crippen LogP contribution < -0.4 is 9.64 Å². The molecule has 1 aromatic heterocycles. The summed E-state index contributed by atoms with van der Waals surface area (Å²) in [6.07, 6.45) is 6.92. The highest BCUT2D eigenvalue weighted by Crippen LogP contribution is 2.47. The van der Waals surface area contributed by atoms with Crippen LogP contribution in [0.4, 0.5) is 18.9 Å². The number of ether oxygens (including phenoxy) is 2. The Balaban J connectivity index is 1.45. The SMILES string of the molecule is CCCCN(CCCC)c1ccc(-c2ccc(/C=C/C=C/C3=C(C#N)C(=C(C#N)C#N)OC3(C)c3ccc(C(F)(F)F)cc3)s2)c(OCc2ccccc2)c1. The van der Waals surface area contributed by atoms with Gasteiger partial charge in [0.25, 0.3) is 0 Å². The molecule has 55 heavy (non-hydrogen) atoms. The van der Waals surface area contributed by atoms with Crippen molar-refractivity contribution in [2.45, 2.75) is 64.8 Å². The predicted octanol–water partition coefficient (Wildman–Crippen LogP) is 12.1. The van der Waals surface area contributed by atoms with Crippen LogP contribution in [0, 0.1) is 34.0 Å². The first kappa shape index (κ1) is 40.2. The highest BCUT2D eigenvalue weighted by molar-refractivity contribution is 7.16. The molecular formula is C45H41F3N4O2S. The van der Waals surface area contributed by atoms with Gasteiger partial charge in [-0.3, -0.25) is 0 Å². The smallest absolute Gasteiger partial charge is 0.416 e. The Kier molecular flexibility index (Phi) is 13.4. The summed E-state index contributed by atoms with van der Waals surface area (Å²) in [5.74, 6) is 0.589. The van der Waals surface area contributed by atoms with E-state index in [0.29, 0.717) is 17.7 Å². The van der Waals surface area contributed by atoms with Crippen molar-refractivity contribution in [3.05, 3.63) is 147 Å². The third-order valence-electron chi connectivity index (χ3n) is 9.30. The molecule has 1 unspecified atom stereocenters. The van der Waals surface area contributed by atoms with Crippen LogP contribution in [0.15, 0.2) is 126 Å². The molecule has 0 aliphatic carbocycles. The normalized spacial score (nSPS) is 15.5. The molecule has 0 saturated heterocycles. The summed E-state index contributed by atoms with van der Waals surface area (Å²) >= 11 is 1.59. The van der Waals surface area contributed by atoms with Gasteiger partial charge in [-0.05, 0) is 73.4 Å². The van der Waals surface area contributed by atoms with E-state index in [2.05, 4.69) is 43.0 Å². The second-order valence-electron chi connectivity index (χ2n) is 13.1. The number of halogens is 3. The number of thiophene rings is 1. The fourth-order valence-electron chi connectivity index (χ4n) is 6.24. The molecule has 2 heterocycles. The standard InChI is InChI=1S/C45H41F3N4O2S/c1-4-6-25-52(26-7-5-2)36-21-23-38(41(27-36)53-31-32-13-9-8-10-14-32)42-24-22-37(55-42)15-11-12-16-40-39(30-51)43(33(28-49)29-50)54-44(40,3)34-17-19-35(20-18-34)45(46,47)48/h8-24,27H,4-7,25-26,31H2,1-3H3/b15-11+,16-12+. The van der Waals surface area contributed by atoms with Crippen LogP contribution in [0.1, 0.15) is 68.0 Å². The molecule has 1 aliphatic rings. The minimum absolute atomic E-state index is 0.0435. The highest BCUT2D eigenvalue weighted by atomic mass is 32.1. The maximum Gasteiger partial charge on any atom is 0.416 e. The molecule has 0 amide bonds. The molecule has 3 aromatic carbocycles. The Bertz CT molecular complexity index is 2190. The summed E-state index contributed by atoms with van der Waals surface area (Å²) in [6, 6.07) is 30.5. The van der Waals surface area contributed by atoms with Gasteiger partial charge in [-0.2, -0.15) is 29.0 Å². The van der Waals surface area contributed by atoms with Gasteiger partial charge in [0.05, 0.1) is 5.56 Å². The van der Waals surface area contributed by atoms with Gasteiger partial charge >= 0.3 is 6.18 Å². The van der Waals surface area contributed by atoms with E-state index in [9.17, 15) is 29.0 Å². The molecule has 0 spiro atoms. The number of nitriles is 3. The van der Waals surface area contributed by atoms with Gasteiger partial charge < -0.3 is 14.4 Å². The van der Waals surface area contributed by atoms with Gasteiger partial charge in [0.2, 0.25) is 0 Å². The van der Waals surface area contributed by atoms with E-state index >= 15 is 0 Å². The van der Waals surface area contributed by atoms with E-state index in [1.54, 1.807) is 48.6 Å². The number of unbranched alkanes of at least 4 members (excludes halogenated alkanes) is 2. The Morgan fingerprint density at radius 3 is 2.16 bits per heavy atom. The van der Waals surface area contributed by atoms with Gasteiger partial charge in [-0.25, -0.2) is 0 Å². The van der Waals surface area contributed by atoms with Gasteiger partial charge in [-0.15, -0.1) is 11.3 Å². The van der Waals surface area contributed by atoms with Crippen molar-refractivity contribution in [1.82, 2.24) is 0 Å². The zero-order valence-electron chi connectivity index (χ0n) is 31.0. The van der Waals surface area contributed by atoms with Crippen molar-refractivity contribution in [3.8, 4) is 34.4 Å². The third kappa shape index (κ3) is 9.57. The Morgan fingerprint density at radius 1 is 0.873 bits per heavy atom. The van der Waals surface area contributed by atoms with Crippen LogP contribution >= 0.6 is 11.3 Å². The van der Waals surface area contributed by atoms with E-state index in [1.807, 2.05) is 48.5 Å². The van der Waals surface area contributed by atoms with Crippen molar-refractivity contribution in [1.29, 1.82) is 15.8 Å². The summed E-state index contributed by atoms with van der Waals surface area (Å²) < 4.78 is 52.6. The van der Waals surface area contributed by atoms with Gasteiger partial charge in [0.1, 0.15) is 36.1 Å². The lowest BCUT2D eigenvalue weighted by Crippen LogP contribution is -2.25. The molecule has 0 radical (unpaired) electrons. The molecule has 5 rings (SSSR count). The number of alkyl halides is 3. The average Bonchev–Trinajstić information content (AvgIpc) is 3.78. The van der Waals surface area contributed by atoms with E-state index < -0.39 is 22.9 Å². The number of allylic oxidation sites excluding steroid dienone is 4. The first-order valence-electron chi connectivity index (χ1n) is 18.1. The van der Waals surface area contributed by atoms with Crippen LogP contribution in [0.5, 0.6) is 5.75 Å². The minimum atomic E-state index is -4.54. The zero-order valence-corrected chi connectivity index (χ0v) is 31.8. The molecule has 1 atom stereocenters. The monoisotopic (exact) mass is 758 g/mol. The first-order chi connectivity index (χ1) is 26.6. The van der Waals surface area contributed by atoms with Crippen LogP contribution in [-0.4, -0.2) is 13.1 Å². The molecule has 4 aromatic rings. The highest BCUT2D eigenvalue weighted by Gasteiger charge is 2.44. The van der Waals surface area contributed by atoms with E-state index in [4.69, 9.17) is 9.47 Å². The quantitative estimate of drug-likeness (QED) is 0.0885. The van der Waals surface area contributed by atoms with E-state index in [1.165, 1.54) is 12.1 Å². The lowest BCUT2D eigenvalue weighted by atomic mass is 9.86. The number of benzene rings is 3. The van der Waals surface area contributed by atoms with Crippen molar-refractivity contribution in [2.75, 3.05) is 18.0 Å². The predicted molar refractivity (Wildman–Crippen MR) is 212 cm³/mol. The molecule has 10 heteroatoms. The maximum absolute atomic E-state index is 13.3. The number of nitrogens with zero attached hydrogens (tertiary/aromatic N) is 4. The lowest BCUT2D eigenvalue weighted by molar-refractivity contribution is -0.137. The van der Waals surface area contributed by atoms with Crippen molar-refractivity contribution in [2.24, 2.45) is 0 Å². The largest absolute Gasteiger partial charge is 0.488 e. The fourth-order valence-corrected chi connectivity index (χ4v) is 7.19. The fraction of sp³-hybridized carbons (Fsp3) is 0.267. The molecule has 6 nitrogen and oxygen atoms in total. The number of hydrogen-bond acceptors (Lipinski definition) is 7. The average molecular weight is 759 g/mol. The third-order valence-corrected chi connectivity index (χ3v) is 10.4. The molecule has 0 bridgehead atoms. The Morgan fingerprint density at radius 2 is 1.55 bits per heavy atom. The van der Waals surface area contributed by atoms with Crippen LogP contribution in [0.3, 0.4) is 0 Å². The van der Waals surface area contributed by atoms with Gasteiger partial charge in [-0.1, -0.05) is 87.4 Å². The maximum atomic E-state index is 13.3. The molecule has 280 valence electrons. The second kappa shape index (κ2) is 18.3. The van der Waals surface area contributed by atoms with Crippen molar-refractivity contribution < 1.29 is 22.6 Å². The van der Waals surface area contributed by atoms with E-state index in [-0.39, 0.29) is 11.3 Å².